The van der Waals surface area contributed by atoms with Crippen LogP contribution in [0.5, 0.6) is 0 Å². The Morgan fingerprint density at radius 1 is 1.40 bits per heavy atom. The van der Waals surface area contributed by atoms with Crippen molar-refractivity contribution in [3.63, 3.8) is 0 Å². The topological polar surface area (TPSA) is 32.3 Å². The third-order valence-corrected chi connectivity index (χ3v) is 3.10. The van der Waals surface area contributed by atoms with E-state index >= 15 is 0 Å². The van der Waals surface area contributed by atoms with E-state index in [1.54, 1.807) is 0 Å². The first-order chi connectivity index (χ1) is 7.05. The lowest BCUT2D eigenvalue weighted by atomic mass is 9.81. The molecule has 0 aromatic carbocycles. The maximum absolute atomic E-state index is 12.6. The van der Waals surface area contributed by atoms with E-state index in [9.17, 15) is 13.6 Å². The zero-order valence-electron chi connectivity index (χ0n) is 8.64. The van der Waals surface area contributed by atoms with Gasteiger partial charge >= 0.3 is 0 Å². The van der Waals surface area contributed by atoms with Crippen molar-refractivity contribution in [2.24, 2.45) is 5.92 Å². The predicted octanol–water partition coefficient (Wildman–Crippen LogP) is 0.854. The van der Waals surface area contributed by atoms with E-state index in [-0.39, 0.29) is 24.7 Å². The molecule has 1 saturated carbocycles. The molecule has 2 aliphatic rings. The minimum Gasteiger partial charge on any atom is -0.355 e. The zero-order chi connectivity index (χ0) is 10.9. The van der Waals surface area contributed by atoms with Gasteiger partial charge in [0.15, 0.2) is 0 Å². The molecule has 15 heavy (non-hydrogen) atoms. The first-order valence-electron chi connectivity index (χ1n) is 5.42. The third-order valence-electron chi connectivity index (χ3n) is 3.10. The Bertz CT molecular complexity index is 250. The van der Waals surface area contributed by atoms with Crippen LogP contribution >= 0.6 is 0 Å². The van der Waals surface area contributed by atoms with Crippen molar-refractivity contribution in [1.82, 2.24) is 10.2 Å². The average Bonchev–Trinajstić information content (AvgIpc) is 2.28. The fourth-order valence-corrected chi connectivity index (χ4v) is 2.28. The van der Waals surface area contributed by atoms with Crippen LogP contribution in [0.15, 0.2) is 0 Å². The van der Waals surface area contributed by atoms with Gasteiger partial charge in [-0.1, -0.05) is 0 Å². The minimum absolute atomic E-state index is 0.0187. The Labute approximate surface area is 87.8 Å². The van der Waals surface area contributed by atoms with Crippen molar-refractivity contribution in [1.29, 1.82) is 0 Å². The molecule has 2 rings (SSSR count). The van der Waals surface area contributed by atoms with Crippen LogP contribution in [0.25, 0.3) is 0 Å². The molecule has 0 aromatic heterocycles. The number of rotatable bonds is 2. The van der Waals surface area contributed by atoms with Crippen molar-refractivity contribution in [2.45, 2.75) is 25.2 Å². The Kier molecular flexibility index (Phi) is 2.91. The number of alkyl halides is 2. The number of nitrogens with zero attached hydrogens (tertiary/aromatic N) is 1. The van der Waals surface area contributed by atoms with E-state index in [2.05, 4.69) is 10.2 Å². The van der Waals surface area contributed by atoms with E-state index in [1.165, 1.54) is 0 Å². The Morgan fingerprint density at radius 3 is 2.80 bits per heavy atom. The predicted molar refractivity (Wildman–Crippen MR) is 51.7 cm³/mol. The van der Waals surface area contributed by atoms with Crippen LogP contribution < -0.4 is 5.32 Å². The van der Waals surface area contributed by atoms with Crippen molar-refractivity contribution < 1.29 is 13.6 Å². The number of nitrogens with one attached hydrogen (secondary N) is 1. The molecular weight excluding hydrogens is 202 g/mol. The average molecular weight is 218 g/mol. The molecule has 0 aromatic rings. The van der Waals surface area contributed by atoms with E-state index < -0.39 is 5.92 Å². The summed E-state index contributed by atoms with van der Waals surface area (Å²) in [6, 6.07) is 0. The SMILES string of the molecule is O=C1CCN(CC2CC(F)(F)C2)CCN1. The highest BCUT2D eigenvalue weighted by Crippen LogP contribution is 2.42. The summed E-state index contributed by atoms with van der Waals surface area (Å²) in [7, 11) is 0. The van der Waals surface area contributed by atoms with Gasteiger partial charge in [-0.25, -0.2) is 8.78 Å². The van der Waals surface area contributed by atoms with E-state index in [0.717, 1.165) is 6.54 Å². The number of amides is 1. The maximum atomic E-state index is 12.6. The summed E-state index contributed by atoms with van der Waals surface area (Å²) < 4.78 is 25.2. The second kappa shape index (κ2) is 4.04. The molecule has 1 N–H and O–H groups in total. The number of halogens is 2. The molecule has 1 aliphatic carbocycles. The van der Waals surface area contributed by atoms with Gasteiger partial charge in [0.05, 0.1) is 0 Å². The molecule has 0 unspecified atom stereocenters. The van der Waals surface area contributed by atoms with Gasteiger partial charge in [0.2, 0.25) is 11.8 Å². The van der Waals surface area contributed by atoms with Crippen molar-refractivity contribution >= 4 is 5.91 Å². The smallest absolute Gasteiger partial charge is 0.248 e. The molecule has 1 aliphatic heterocycles. The monoisotopic (exact) mass is 218 g/mol. The van der Waals surface area contributed by atoms with Crippen molar-refractivity contribution in [3.05, 3.63) is 0 Å². The summed E-state index contributed by atoms with van der Waals surface area (Å²) in [5, 5.41) is 2.77. The largest absolute Gasteiger partial charge is 0.355 e. The molecule has 1 saturated heterocycles. The molecule has 0 spiro atoms. The summed E-state index contributed by atoms with van der Waals surface area (Å²) in [6.07, 6.45) is 0.527. The molecule has 0 radical (unpaired) electrons. The summed E-state index contributed by atoms with van der Waals surface area (Å²) >= 11 is 0. The standard InChI is InChI=1S/C10H16F2N2O/c11-10(12)5-8(6-10)7-14-3-1-9(15)13-2-4-14/h8H,1-7H2,(H,13,15). The van der Waals surface area contributed by atoms with Crippen LogP contribution in [0.2, 0.25) is 0 Å². The summed E-state index contributed by atoms with van der Waals surface area (Å²) in [4.78, 5) is 13.2. The fourth-order valence-electron chi connectivity index (χ4n) is 2.28. The second-order valence-corrected chi connectivity index (χ2v) is 4.53. The van der Waals surface area contributed by atoms with Crippen molar-refractivity contribution in [3.8, 4) is 0 Å². The number of carbonyl (C=O) groups is 1. The maximum Gasteiger partial charge on any atom is 0.248 e. The molecule has 0 atom stereocenters. The van der Waals surface area contributed by atoms with Crippen LogP contribution in [-0.2, 0) is 4.79 Å². The highest BCUT2D eigenvalue weighted by atomic mass is 19.3. The van der Waals surface area contributed by atoms with E-state index in [0.29, 0.717) is 26.1 Å². The number of hydrogen-bond donors (Lipinski definition) is 1. The Hall–Kier alpha value is -0.710. The highest BCUT2D eigenvalue weighted by molar-refractivity contribution is 5.76. The summed E-state index contributed by atoms with van der Waals surface area (Å²) in [5.41, 5.74) is 0. The third kappa shape index (κ3) is 2.87. The van der Waals surface area contributed by atoms with Gasteiger partial charge in [-0.15, -0.1) is 0 Å². The van der Waals surface area contributed by atoms with Crippen LogP contribution in [-0.4, -0.2) is 42.9 Å². The summed E-state index contributed by atoms with van der Waals surface area (Å²) in [5.74, 6) is -2.24. The summed E-state index contributed by atoms with van der Waals surface area (Å²) in [6.45, 7) is 2.84. The van der Waals surface area contributed by atoms with Gasteiger partial charge in [-0.05, 0) is 5.92 Å². The lowest BCUT2D eigenvalue weighted by Crippen LogP contribution is -2.43. The molecule has 5 heteroatoms. The Morgan fingerprint density at radius 2 is 2.13 bits per heavy atom. The second-order valence-electron chi connectivity index (χ2n) is 4.53. The van der Waals surface area contributed by atoms with Crippen molar-refractivity contribution in [2.75, 3.05) is 26.2 Å². The van der Waals surface area contributed by atoms with Crippen LogP contribution in [0.3, 0.4) is 0 Å². The Balaban J connectivity index is 1.73. The van der Waals surface area contributed by atoms with Crippen LogP contribution in [0.1, 0.15) is 19.3 Å². The zero-order valence-corrected chi connectivity index (χ0v) is 8.64. The van der Waals surface area contributed by atoms with Gasteiger partial charge < -0.3 is 10.2 Å². The van der Waals surface area contributed by atoms with Gasteiger partial charge in [-0.2, -0.15) is 0 Å². The normalized spacial score (nSPS) is 28.0. The number of carbonyl (C=O) groups excluding carboxylic acids is 1. The molecule has 3 nitrogen and oxygen atoms in total. The molecule has 2 fully saturated rings. The van der Waals surface area contributed by atoms with Gasteiger partial charge in [0.1, 0.15) is 0 Å². The van der Waals surface area contributed by atoms with Crippen LogP contribution in [0.4, 0.5) is 8.78 Å². The first-order valence-corrected chi connectivity index (χ1v) is 5.42. The molecule has 1 heterocycles. The molecule has 1 amide bonds. The van der Waals surface area contributed by atoms with Gasteiger partial charge in [-0.3, -0.25) is 4.79 Å². The van der Waals surface area contributed by atoms with E-state index in [4.69, 9.17) is 0 Å². The highest BCUT2D eigenvalue weighted by Gasteiger charge is 2.45. The molecular formula is C10H16F2N2O. The van der Waals surface area contributed by atoms with Crippen LogP contribution in [0, 0.1) is 5.92 Å². The quantitative estimate of drug-likeness (QED) is 0.745. The van der Waals surface area contributed by atoms with Gasteiger partial charge in [0.25, 0.3) is 0 Å². The fraction of sp³-hybridized carbons (Fsp3) is 0.900. The van der Waals surface area contributed by atoms with E-state index in [1.807, 2.05) is 0 Å². The lowest BCUT2D eigenvalue weighted by Gasteiger charge is -2.37. The minimum atomic E-state index is -2.43. The van der Waals surface area contributed by atoms with Gasteiger partial charge in [0, 0.05) is 45.4 Å². The lowest BCUT2D eigenvalue weighted by molar-refractivity contribution is -0.121. The number of hydrogen-bond acceptors (Lipinski definition) is 2. The first kappa shape index (κ1) is 10.8. The molecule has 0 bridgehead atoms. The molecule has 86 valence electrons.